The third-order valence-electron chi connectivity index (χ3n) is 2.95. The summed E-state index contributed by atoms with van der Waals surface area (Å²) in [6, 6.07) is 3.99. The van der Waals surface area contributed by atoms with Crippen molar-refractivity contribution in [3.8, 4) is 0 Å². The number of aromatic nitrogens is 3. The first-order valence-corrected chi connectivity index (χ1v) is 5.61. The van der Waals surface area contributed by atoms with Crippen LogP contribution >= 0.6 is 0 Å². The molecule has 2 aromatic rings. The third-order valence-corrected chi connectivity index (χ3v) is 2.95. The Morgan fingerprint density at radius 2 is 2.00 bits per heavy atom. The number of nitrogens with zero attached hydrogens (tertiary/aromatic N) is 3. The molecule has 0 aliphatic carbocycles. The summed E-state index contributed by atoms with van der Waals surface area (Å²) >= 11 is 0. The molecule has 0 aromatic carbocycles. The van der Waals surface area contributed by atoms with Crippen molar-refractivity contribution in [2.75, 3.05) is 12.4 Å². The molecule has 4 heteroatoms. The van der Waals surface area contributed by atoms with Gasteiger partial charge in [-0.05, 0) is 36.6 Å². The normalized spacial score (nSPS) is 10.3. The van der Waals surface area contributed by atoms with Crippen LogP contribution in [0.1, 0.15) is 22.4 Å². The SMILES string of the molecule is CNc1nnc(Cc2cccnc2)c(C)c1C. The van der Waals surface area contributed by atoms with Crippen molar-refractivity contribution in [3.05, 3.63) is 46.9 Å². The van der Waals surface area contributed by atoms with E-state index in [4.69, 9.17) is 0 Å². The fourth-order valence-electron chi connectivity index (χ4n) is 1.76. The van der Waals surface area contributed by atoms with Gasteiger partial charge in [0.05, 0.1) is 5.69 Å². The molecule has 0 atom stereocenters. The van der Waals surface area contributed by atoms with Crippen molar-refractivity contribution in [2.24, 2.45) is 0 Å². The first-order chi connectivity index (χ1) is 8.22. The maximum atomic E-state index is 4.26. The molecule has 2 heterocycles. The van der Waals surface area contributed by atoms with Crippen molar-refractivity contribution in [1.82, 2.24) is 15.2 Å². The third kappa shape index (κ3) is 2.41. The lowest BCUT2D eigenvalue weighted by Gasteiger charge is -2.10. The molecule has 0 spiro atoms. The molecule has 1 N–H and O–H groups in total. The molecular formula is C13H16N4. The summed E-state index contributed by atoms with van der Waals surface area (Å²) in [5.41, 5.74) is 4.51. The first-order valence-electron chi connectivity index (χ1n) is 5.61. The molecule has 4 nitrogen and oxygen atoms in total. The predicted molar refractivity (Wildman–Crippen MR) is 68.1 cm³/mol. The van der Waals surface area contributed by atoms with E-state index >= 15 is 0 Å². The Labute approximate surface area is 101 Å². The highest BCUT2D eigenvalue weighted by molar-refractivity contribution is 5.47. The number of nitrogens with one attached hydrogen (secondary N) is 1. The van der Waals surface area contributed by atoms with Gasteiger partial charge in [-0.15, -0.1) is 5.10 Å². The molecule has 0 aliphatic rings. The molecule has 0 amide bonds. The Hall–Kier alpha value is -1.97. The second-order valence-corrected chi connectivity index (χ2v) is 4.03. The highest BCUT2D eigenvalue weighted by Gasteiger charge is 2.09. The Balaban J connectivity index is 2.32. The summed E-state index contributed by atoms with van der Waals surface area (Å²) in [6.45, 7) is 4.14. The van der Waals surface area contributed by atoms with Crippen LogP contribution in [0.25, 0.3) is 0 Å². The van der Waals surface area contributed by atoms with Gasteiger partial charge in [0.25, 0.3) is 0 Å². The molecule has 2 aromatic heterocycles. The first kappa shape index (κ1) is 11.5. The quantitative estimate of drug-likeness (QED) is 0.874. The van der Waals surface area contributed by atoms with Crippen LogP contribution in [0.5, 0.6) is 0 Å². The van der Waals surface area contributed by atoms with E-state index in [9.17, 15) is 0 Å². The van der Waals surface area contributed by atoms with Crippen molar-refractivity contribution >= 4 is 5.82 Å². The molecule has 0 unspecified atom stereocenters. The van der Waals surface area contributed by atoms with Crippen LogP contribution in [-0.2, 0) is 6.42 Å². The van der Waals surface area contributed by atoms with Gasteiger partial charge in [0.2, 0.25) is 0 Å². The molecule has 0 radical (unpaired) electrons. The monoisotopic (exact) mass is 228 g/mol. The van der Waals surface area contributed by atoms with Crippen LogP contribution in [0.4, 0.5) is 5.82 Å². The molecule has 0 saturated heterocycles. The Bertz CT molecular complexity index is 508. The minimum Gasteiger partial charge on any atom is -0.371 e. The van der Waals surface area contributed by atoms with Gasteiger partial charge in [-0.1, -0.05) is 6.07 Å². The fraction of sp³-hybridized carbons (Fsp3) is 0.308. The minimum absolute atomic E-state index is 0.775. The van der Waals surface area contributed by atoms with Gasteiger partial charge in [0.15, 0.2) is 5.82 Å². The predicted octanol–water partition coefficient (Wildman–Crippen LogP) is 2.12. The van der Waals surface area contributed by atoms with Gasteiger partial charge in [0, 0.05) is 25.9 Å². The Kier molecular flexibility index (Phi) is 3.32. The van der Waals surface area contributed by atoms with E-state index in [1.165, 1.54) is 5.56 Å². The highest BCUT2D eigenvalue weighted by Crippen LogP contribution is 2.18. The van der Waals surface area contributed by atoms with Crippen LogP contribution in [0.2, 0.25) is 0 Å². The Morgan fingerprint density at radius 3 is 2.65 bits per heavy atom. The lowest BCUT2D eigenvalue weighted by Crippen LogP contribution is -2.05. The maximum absolute atomic E-state index is 4.26. The second kappa shape index (κ2) is 4.91. The van der Waals surface area contributed by atoms with Gasteiger partial charge in [-0.3, -0.25) is 4.98 Å². The van der Waals surface area contributed by atoms with E-state index < -0.39 is 0 Å². The maximum Gasteiger partial charge on any atom is 0.151 e. The fourth-order valence-corrected chi connectivity index (χ4v) is 1.76. The van der Waals surface area contributed by atoms with E-state index in [0.717, 1.165) is 29.1 Å². The largest absolute Gasteiger partial charge is 0.371 e. The summed E-state index contributed by atoms with van der Waals surface area (Å²) < 4.78 is 0. The van der Waals surface area contributed by atoms with Gasteiger partial charge in [0.1, 0.15) is 0 Å². The zero-order chi connectivity index (χ0) is 12.3. The lowest BCUT2D eigenvalue weighted by atomic mass is 10.0. The second-order valence-electron chi connectivity index (χ2n) is 4.03. The molecule has 2 rings (SSSR count). The smallest absolute Gasteiger partial charge is 0.151 e. The minimum atomic E-state index is 0.775. The molecule has 88 valence electrons. The lowest BCUT2D eigenvalue weighted by molar-refractivity contribution is 0.905. The van der Waals surface area contributed by atoms with Gasteiger partial charge >= 0.3 is 0 Å². The molecule has 0 fully saturated rings. The van der Waals surface area contributed by atoms with Crippen molar-refractivity contribution < 1.29 is 0 Å². The van der Waals surface area contributed by atoms with Crippen molar-refractivity contribution in [3.63, 3.8) is 0 Å². The molecule has 0 bridgehead atoms. The topological polar surface area (TPSA) is 50.7 Å². The number of pyridine rings is 1. The summed E-state index contributed by atoms with van der Waals surface area (Å²) in [5.74, 6) is 0.845. The molecular weight excluding hydrogens is 212 g/mol. The van der Waals surface area contributed by atoms with E-state index in [0.29, 0.717) is 0 Å². The van der Waals surface area contributed by atoms with Crippen LogP contribution in [0.15, 0.2) is 24.5 Å². The zero-order valence-corrected chi connectivity index (χ0v) is 10.4. The van der Waals surface area contributed by atoms with Gasteiger partial charge < -0.3 is 5.32 Å². The van der Waals surface area contributed by atoms with E-state index in [2.05, 4.69) is 40.4 Å². The summed E-state index contributed by atoms with van der Waals surface area (Å²) in [5, 5.41) is 11.5. The van der Waals surface area contributed by atoms with Gasteiger partial charge in [-0.2, -0.15) is 5.10 Å². The summed E-state index contributed by atoms with van der Waals surface area (Å²) in [7, 11) is 1.86. The van der Waals surface area contributed by atoms with Crippen LogP contribution in [0, 0.1) is 13.8 Å². The zero-order valence-electron chi connectivity index (χ0n) is 10.4. The number of hydrogen-bond acceptors (Lipinski definition) is 4. The molecule has 0 saturated carbocycles. The number of hydrogen-bond donors (Lipinski definition) is 1. The summed E-state index contributed by atoms with van der Waals surface area (Å²) in [6.07, 6.45) is 4.41. The average Bonchev–Trinajstić information content (AvgIpc) is 2.37. The van der Waals surface area contributed by atoms with E-state index in [1.54, 1.807) is 6.20 Å². The van der Waals surface area contributed by atoms with Gasteiger partial charge in [-0.25, -0.2) is 0 Å². The molecule has 17 heavy (non-hydrogen) atoms. The Morgan fingerprint density at radius 1 is 1.18 bits per heavy atom. The highest BCUT2D eigenvalue weighted by atomic mass is 15.2. The standard InChI is InChI=1S/C13H16N4/c1-9-10(2)13(14-3)17-16-12(9)7-11-5-4-6-15-8-11/h4-6,8H,7H2,1-3H3,(H,14,17). The summed E-state index contributed by atoms with van der Waals surface area (Å²) in [4.78, 5) is 4.11. The van der Waals surface area contributed by atoms with Crippen molar-refractivity contribution in [2.45, 2.75) is 20.3 Å². The molecule has 0 aliphatic heterocycles. The number of anilines is 1. The van der Waals surface area contributed by atoms with Crippen molar-refractivity contribution in [1.29, 1.82) is 0 Å². The van der Waals surface area contributed by atoms with Crippen LogP contribution in [0.3, 0.4) is 0 Å². The van der Waals surface area contributed by atoms with Crippen LogP contribution in [-0.4, -0.2) is 22.2 Å². The number of rotatable bonds is 3. The van der Waals surface area contributed by atoms with Crippen LogP contribution < -0.4 is 5.32 Å². The van der Waals surface area contributed by atoms with E-state index in [1.807, 2.05) is 19.3 Å². The van der Waals surface area contributed by atoms with E-state index in [-0.39, 0.29) is 0 Å². The average molecular weight is 228 g/mol.